The molecule has 0 atom stereocenters. The quantitative estimate of drug-likeness (QED) is 0.548. The van der Waals surface area contributed by atoms with Gasteiger partial charge in [0, 0.05) is 25.8 Å². The van der Waals surface area contributed by atoms with E-state index in [-0.39, 0.29) is 12.4 Å². The minimum absolute atomic E-state index is 0.231. The lowest BCUT2D eigenvalue weighted by molar-refractivity contribution is -0.141. The fourth-order valence-electron chi connectivity index (χ4n) is 1.59. The molecule has 5 nitrogen and oxygen atoms in total. The summed E-state index contributed by atoms with van der Waals surface area (Å²) >= 11 is 3.46. The van der Waals surface area contributed by atoms with Crippen LogP contribution in [-0.4, -0.2) is 39.9 Å². The number of ether oxygens (including phenoxy) is 3. The molecule has 0 fully saturated rings. The van der Waals surface area contributed by atoms with Gasteiger partial charge in [-0.3, -0.25) is 4.79 Å². The molecule has 20 heavy (non-hydrogen) atoms. The maximum atomic E-state index is 11.1. The van der Waals surface area contributed by atoms with Crippen molar-refractivity contribution in [3.63, 3.8) is 0 Å². The summed E-state index contributed by atoms with van der Waals surface area (Å²) in [4.78, 5) is 11.1. The van der Waals surface area contributed by atoms with Crippen LogP contribution in [-0.2, 0) is 20.8 Å². The minimum Gasteiger partial charge on any atom is -0.491 e. The Morgan fingerprint density at radius 1 is 1.30 bits per heavy atom. The van der Waals surface area contributed by atoms with Crippen molar-refractivity contribution < 1.29 is 19.0 Å². The van der Waals surface area contributed by atoms with E-state index in [1.165, 1.54) is 7.11 Å². The third-order valence-corrected chi connectivity index (χ3v) is 3.25. The maximum absolute atomic E-state index is 11.1. The minimum atomic E-state index is -0.281. The highest BCUT2D eigenvalue weighted by molar-refractivity contribution is 9.10. The van der Waals surface area contributed by atoms with Crippen LogP contribution in [0.25, 0.3) is 0 Å². The first-order valence-corrected chi connectivity index (χ1v) is 7.15. The largest absolute Gasteiger partial charge is 0.491 e. The summed E-state index contributed by atoms with van der Waals surface area (Å²) in [6, 6.07) is 5.84. The van der Waals surface area contributed by atoms with Crippen LogP contribution in [0.2, 0.25) is 0 Å². The lowest BCUT2D eigenvalue weighted by Gasteiger charge is -2.13. The summed E-state index contributed by atoms with van der Waals surface area (Å²) in [6.45, 7) is 2.40. The molecule has 0 aliphatic carbocycles. The Kier molecular flexibility index (Phi) is 8.25. The van der Waals surface area contributed by atoms with Crippen molar-refractivity contribution in [2.45, 2.75) is 13.0 Å². The van der Waals surface area contributed by atoms with Gasteiger partial charge < -0.3 is 19.5 Å². The van der Waals surface area contributed by atoms with Crippen LogP contribution >= 0.6 is 15.9 Å². The monoisotopic (exact) mass is 345 g/mol. The van der Waals surface area contributed by atoms with E-state index in [0.717, 1.165) is 22.3 Å². The number of carbonyl (C=O) groups is 1. The Bertz CT molecular complexity index is 426. The smallest absolute Gasteiger partial charge is 0.308 e. The average molecular weight is 346 g/mol. The number of para-hydroxylation sites is 1. The van der Waals surface area contributed by atoms with Crippen molar-refractivity contribution in [2.75, 3.05) is 34.0 Å². The number of rotatable bonds is 9. The molecule has 0 bridgehead atoms. The molecule has 6 heteroatoms. The van der Waals surface area contributed by atoms with Gasteiger partial charge >= 0.3 is 5.97 Å². The highest BCUT2D eigenvalue weighted by Gasteiger charge is 2.09. The van der Waals surface area contributed by atoms with E-state index in [0.29, 0.717) is 19.8 Å². The second kappa shape index (κ2) is 9.74. The molecule has 0 aliphatic heterocycles. The van der Waals surface area contributed by atoms with Gasteiger partial charge in [0.15, 0.2) is 0 Å². The third-order valence-electron chi connectivity index (χ3n) is 2.63. The number of benzene rings is 1. The summed E-state index contributed by atoms with van der Waals surface area (Å²) in [5.41, 5.74) is 1.03. The SMILES string of the molecule is COCCNCc1cccc(Br)c1OCCC(=O)OC. The third kappa shape index (κ3) is 5.90. The number of hydrogen-bond acceptors (Lipinski definition) is 5. The van der Waals surface area contributed by atoms with E-state index >= 15 is 0 Å². The number of hydrogen-bond donors (Lipinski definition) is 1. The zero-order chi connectivity index (χ0) is 14.8. The summed E-state index contributed by atoms with van der Waals surface area (Å²) in [5.74, 6) is 0.471. The fourth-order valence-corrected chi connectivity index (χ4v) is 2.11. The van der Waals surface area contributed by atoms with Crippen LogP contribution in [0.15, 0.2) is 22.7 Å². The second-order valence-electron chi connectivity index (χ2n) is 4.07. The Balaban J connectivity index is 2.56. The molecule has 1 rings (SSSR count). The van der Waals surface area contributed by atoms with Gasteiger partial charge in [-0.2, -0.15) is 0 Å². The van der Waals surface area contributed by atoms with Crippen LogP contribution in [0, 0.1) is 0 Å². The maximum Gasteiger partial charge on any atom is 0.308 e. The predicted octanol–water partition coefficient (Wildman–Crippen LogP) is 2.13. The van der Waals surface area contributed by atoms with Crippen LogP contribution in [0.5, 0.6) is 5.75 Å². The molecule has 112 valence electrons. The molecular formula is C14H20BrNO4. The van der Waals surface area contributed by atoms with Crippen molar-refractivity contribution in [2.24, 2.45) is 0 Å². The number of nitrogens with one attached hydrogen (secondary N) is 1. The molecule has 0 radical (unpaired) electrons. The van der Waals surface area contributed by atoms with E-state index in [9.17, 15) is 4.79 Å². The number of carbonyl (C=O) groups excluding carboxylic acids is 1. The van der Waals surface area contributed by atoms with Gasteiger partial charge in [-0.15, -0.1) is 0 Å². The van der Waals surface area contributed by atoms with Gasteiger partial charge in [-0.1, -0.05) is 12.1 Å². The molecule has 1 N–H and O–H groups in total. The lowest BCUT2D eigenvalue weighted by Crippen LogP contribution is -2.19. The van der Waals surface area contributed by atoms with Crippen LogP contribution < -0.4 is 10.1 Å². The standard InChI is InChI=1S/C14H20BrNO4/c1-18-9-7-16-10-11-4-3-5-12(15)14(11)20-8-6-13(17)19-2/h3-5,16H,6-10H2,1-2H3. The highest BCUT2D eigenvalue weighted by Crippen LogP contribution is 2.29. The van der Waals surface area contributed by atoms with Gasteiger partial charge in [0.2, 0.25) is 0 Å². The molecular weight excluding hydrogens is 326 g/mol. The van der Waals surface area contributed by atoms with E-state index in [2.05, 4.69) is 26.0 Å². The summed E-state index contributed by atoms with van der Waals surface area (Å²) in [7, 11) is 3.04. The van der Waals surface area contributed by atoms with E-state index in [1.807, 2.05) is 18.2 Å². The summed E-state index contributed by atoms with van der Waals surface area (Å²) in [6.07, 6.45) is 0.231. The van der Waals surface area contributed by atoms with Gasteiger partial charge in [0.1, 0.15) is 5.75 Å². The average Bonchev–Trinajstić information content (AvgIpc) is 2.45. The molecule has 1 aromatic rings. The predicted molar refractivity (Wildman–Crippen MR) is 79.9 cm³/mol. The van der Waals surface area contributed by atoms with Gasteiger partial charge in [0.05, 0.1) is 31.2 Å². The highest BCUT2D eigenvalue weighted by atomic mass is 79.9. The molecule has 0 aliphatic rings. The van der Waals surface area contributed by atoms with Crippen molar-refractivity contribution in [3.8, 4) is 5.75 Å². The topological polar surface area (TPSA) is 56.8 Å². The number of halogens is 1. The van der Waals surface area contributed by atoms with Crippen LogP contribution in [0.4, 0.5) is 0 Å². The van der Waals surface area contributed by atoms with Crippen molar-refractivity contribution in [3.05, 3.63) is 28.2 Å². The molecule has 0 spiro atoms. The van der Waals surface area contributed by atoms with Crippen LogP contribution in [0.3, 0.4) is 0 Å². The number of methoxy groups -OCH3 is 2. The molecule has 0 aromatic heterocycles. The van der Waals surface area contributed by atoms with Crippen molar-refractivity contribution in [1.29, 1.82) is 0 Å². The summed E-state index contributed by atoms with van der Waals surface area (Å²) in [5, 5.41) is 3.26. The molecule has 0 amide bonds. The van der Waals surface area contributed by atoms with E-state index in [1.54, 1.807) is 7.11 Å². The molecule has 0 unspecified atom stereocenters. The van der Waals surface area contributed by atoms with Crippen LogP contribution in [0.1, 0.15) is 12.0 Å². The number of esters is 1. The van der Waals surface area contributed by atoms with E-state index < -0.39 is 0 Å². The van der Waals surface area contributed by atoms with E-state index in [4.69, 9.17) is 9.47 Å². The van der Waals surface area contributed by atoms with Gasteiger partial charge in [0.25, 0.3) is 0 Å². The van der Waals surface area contributed by atoms with Crippen molar-refractivity contribution in [1.82, 2.24) is 5.32 Å². The summed E-state index contributed by atoms with van der Waals surface area (Å²) < 4.78 is 16.1. The second-order valence-corrected chi connectivity index (χ2v) is 4.93. The zero-order valence-electron chi connectivity index (χ0n) is 11.8. The Hall–Kier alpha value is -1.11. The zero-order valence-corrected chi connectivity index (χ0v) is 13.4. The van der Waals surface area contributed by atoms with Gasteiger partial charge in [-0.05, 0) is 22.0 Å². The first kappa shape index (κ1) is 16.9. The molecule has 0 heterocycles. The Morgan fingerprint density at radius 2 is 2.10 bits per heavy atom. The van der Waals surface area contributed by atoms with Crippen molar-refractivity contribution >= 4 is 21.9 Å². The lowest BCUT2D eigenvalue weighted by atomic mass is 10.2. The fraction of sp³-hybridized carbons (Fsp3) is 0.500. The normalized spacial score (nSPS) is 10.3. The molecule has 1 aromatic carbocycles. The first-order valence-electron chi connectivity index (χ1n) is 6.35. The molecule has 0 saturated heterocycles. The first-order chi connectivity index (χ1) is 9.69. The molecule has 0 saturated carbocycles. The van der Waals surface area contributed by atoms with Gasteiger partial charge in [-0.25, -0.2) is 0 Å². The Morgan fingerprint density at radius 3 is 2.80 bits per heavy atom. The Labute approximate surface area is 127 Å².